The number of benzene rings is 1. The van der Waals surface area contributed by atoms with Gasteiger partial charge in [0.2, 0.25) is 0 Å². The third kappa shape index (κ3) is 3.53. The quantitative estimate of drug-likeness (QED) is 0.673. The van der Waals surface area contributed by atoms with Crippen LogP contribution in [0.1, 0.15) is 0 Å². The van der Waals surface area contributed by atoms with E-state index < -0.39 is 0 Å². The molecule has 0 unspecified atom stereocenters. The Balaban J connectivity index is 2.46. The molecule has 0 fully saturated rings. The third-order valence-electron chi connectivity index (χ3n) is 1.73. The molecule has 0 bridgehead atoms. The molecule has 0 atom stereocenters. The molecule has 0 aromatic heterocycles. The molecule has 0 amide bonds. The Morgan fingerprint density at radius 1 is 1.43 bits per heavy atom. The average molecular weight is 194 g/mol. The second kappa shape index (κ2) is 5.34. The van der Waals surface area contributed by atoms with Gasteiger partial charge in [-0.25, -0.2) is 0 Å². The van der Waals surface area contributed by atoms with Gasteiger partial charge in [-0.15, -0.1) is 4.91 Å². The van der Waals surface area contributed by atoms with Crippen molar-refractivity contribution < 1.29 is 4.74 Å². The summed E-state index contributed by atoms with van der Waals surface area (Å²) in [5.41, 5.74) is 0.396. The van der Waals surface area contributed by atoms with Crippen LogP contribution in [0.25, 0.3) is 0 Å². The van der Waals surface area contributed by atoms with Gasteiger partial charge in [-0.1, -0.05) is 6.07 Å². The molecule has 76 valence electrons. The van der Waals surface area contributed by atoms with Crippen LogP contribution in [0, 0.1) is 4.91 Å². The van der Waals surface area contributed by atoms with Gasteiger partial charge in [-0.2, -0.15) is 0 Å². The van der Waals surface area contributed by atoms with Crippen LogP contribution < -0.4 is 4.74 Å². The minimum atomic E-state index is 0.396. The number of nitrogens with zero attached hydrogens (tertiary/aromatic N) is 2. The highest BCUT2D eigenvalue weighted by Crippen LogP contribution is 2.19. The number of hydrogen-bond acceptors (Lipinski definition) is 4. The van der Waals surface area contributed by atoms with Crippen molar-refractivity contribution in [2.75, 3.05) is 27.2 Å². The lowest BCUT2D eigenvalue weighted by atomic mass is 10.3. The van der Waals surface area contributed by atoms with Crippen molar-refractivity contribution >= 4 is 5.69 Å². The first-order valence-electron chi connectivity index (χ1n) is 4.43. The Morgan fingerprint density at radius 2 is 2.21 bits per heavy atom. The summed E-state index contributed by atoms with van der Waals surface area (Å²) in [6, 6.07) is 6.83. The molecule has 0 saturated carbocycles. The normalized spacial score (nSPS) is 10.2. The zero-order valence-corrected chi connectivity index (χ0v) is 8.43. The van der Waals surface area contributed by atoms with E-state index in [1.165, 1.54) is 0 Å². The lowest BCUT2D eigenvalue weighted by Gasteiger charge is -2.10. The summed E-state index contributed by atoms with van der Waals surface area (Å²) in [6.45, 7) is 1.45. The summed E-state index contributed by atoms with van der Waals surface area (Å²) in [7, 11) is 3.96. The monoisotopic (exact) mass is 194 g/mol. The van der Waals surface area contributed by atoms with E-state index in [0.29, 0.717) is 18.0 Å². The van der Waals surface area contributed by atoms with Gasteiger partial charge in [0.25, 0.3) is 0 Å². The number of nitroso groups, excluding NO2 is 1. The van der Waals surface area contributed by atoms with E-state index >= 15 is 0 Å². The van der Waals surface area contributed by atoms with E-state index in [-0.39, 0.29) is 0 Å². The SMILES string of the molecule is CN(C)CCOc1cccc(N=O)c1. The van der Waals surface area contributed by atoms with Crippen LogP contribution in [0.3, 0.4) is 0 Å². The summed E-state index contributed by atoms with van der Waals surface area (Å²) in [5.74, 6) is 0.684. The average Bonchev–Trinajstić information content (AvgIpc) is 2.18. The van der Waals surface area contributed by atoms with Crippen LogP contribution in [0.2, 0.25) is 0 Å². The molecule has 4 heteroatoms. The molecule has 1 aromatic carbocycles. The maximum atomic E-state index is 10.2. The highest BCUT2D eigenvalue weighted by Gasteiger charge is 1.96. The Morgan fingerprint density at radius 3 is 2.86 bits per heavy atom. The maximum Gasteiger partial charge on any atom is 0.121 e. The van der Waals surface area contributed by atoms with Crippen molar-refractivity contribution in [3.8, 4) is 5.75 Å². The number of rotatable bonds is 5. The molecule has 0 aliphatic rings. The summed E-state index contributed by atoms with van der Waals surface area (Å²) in [6.07, 6.45) is 0. The molecular weight excluding hydrogens is 180 g/mol. The van der Waals surface area contributed by atoms with E-state index in [9.17, 15) is 4.91 Å². The minimum absolute atomic E-state index is 0.396. The third-order valence-corrected chi connectivity index (χ3v) is 1.73. The zero-order chi connectivity index (χ0) is 10.4. The lowest BCUT2D eigenvalue weighted by Crippen LogP contribution is -2.19. The molecule has 0 aliphatic heterocycles. The molecule has 4 nitrogen and oxygen atoms in total. The molecular formula is C10H14N2O2. The van der Waals surface area contributed by atoms with E-state index in [4.69, 9.17) is 4.74 Å². The Bertz CT molecular complexity index is 300. The maximum absolute atomic E-state index is 10.2. The van der Waals surface area contributed by atoms with Crippen LogP contribution in [-0.2, 0) is 0 Å². The smallest absolute Gasteiger partial charge is 0.121 e. The van der Waals surface area contributed by atoms with Gasteiger partial charge in [-0.3, -0.25) is 0 Å². The highest BCUT2D eigenvalue weighted by atomic mass is 16.5. The van der Waals surface area contributed by atoms with Crippen molar-refractivity contribution in [1.82, 2.24) is 4.90 Å². The van der Waals surface area contributed by atoms with Crippen molar-refractivity contribution in [2.45, 2.75) is 0 Å². The fourth-order valence-electron chi connectivity index (χ4n) is 0.976. The first-order valence-corrected chi connectivity index (χ1v) is 4.43. The summed E-state index contributed by atoms with van der Waals surface area (Å²) in [5, 5.41) is 2.83. The highest BCUT2D eigenvalue weighted by molar-refractivity contribution is 5.42. The van der Waals surface area contributed by atoms with Crippen molar-refractivity contribution in [2.24, 2.45) is 5.18 Å². The van der Waals surface area contributed by atoms with Gasteiger partial charge in [0.15, 0.2) is 0 Å². The second-order valence-corrected chi connectivity index (χ2v) is 3.24. The molecule has 1 aromatic rings. The van der Waals surface area contributed by atoms with Crippen molar-refractivity contribution in [3.63, 3.8) is 0 Å². The molecule has 14 heavy (non-hydrogen) atoms. The molecule has 0 N–H and O–H groups in total. The van der Waals surface area contributed by atoms with Crippen LogP contribution in [0.15, 0.2) is 29.4 Å². The molecule has 0 saturated heterocycles. The molecule has 1 rings (SSSR count). The van der Waals surface area contributed by atoms with Gasteiger partial charge < -0.3 is 9.64 Å². The number of likely N-dealkylation sites (N-methyl/N-ethyl adjacent to an activating group) is 1. The predicted octanol–water partition coefficient (Wildman–Crippen LogP) is 2.02. The summed E-state index contributed by atoms with van der Waals surface area (Å²) >= 11 is 0. The fraction of sp³-hybridized carbons (Fsp3) is 0.400. The summed E-state index contributed by atoms with van der Waals surface area (Å²) in [4.78, 5) is 12.3. The van der Waals surface area contributed by atoms with Crippen LogP contribution in [0.4, 0.5) is 5.69 Å². The van der Waals surface area contributed by atoms with Crippen LogP contribution in [-0.4, -0.2) is 32.1 Å². The van der Waals surface area contributed by atoms with Gasteiger partial charge >= 0.3 is 0 Å². The van der Waals surface area contributed by atoms with Crippen molar-refractivity contribution in [1.29, 1.82) is 0 Å². The Hall–Kier alpha value is -1.42. The zero-order valence-electron chi connectivity index (χ0n) is 8.43. The lowest BCUT2D eigenvalue weighted by molar-refractivity contribution is 0.261. The number of hydrogen-bond donors (Lipinski definition) is 0. The van der Waals surface area contributed by atoms with Crippen molar-refractivity contribution in [3.05, 3.63) is 29.2 Å². The standard InChI is InChI=1S/C10H14N2O2/c1-12(2)6-7-14-10-5-3-4-9(8-10)11-13/h3-5,8H,6-7H2,1-2H3. The van der Waals surface area contributed by atoms with E-state index in [0.717, 1.165) is 6.54 Å². The van der Waals surface area contributed by atoms with Gasteiger partial charge in [-0.05, 0) is 31.4 Å². The topological polar surface area (TPSA) is 41.9 Å². The van der Waals surface area contributed by atoms with E-state index in [1.807, 2.05) is 25.1 Å². The van der Waals surface area contributed by atoms with Gasteiger partial charge in [0, 0.05) is 12.6 Å². The van der Waals surface area contributed by atoms with Gasteiger partial charge in [0.05, 0.1) is 0 Å². The first kappa shape index (κ1) is 10.7. The fourth-order valence-corrected chi connectivity index (χ4v) is 0.976. The summed E-state index contributed by atoms with van der Waals surface area (Å²) < 4.78 is 5.42. The molecule has 0 heterocycles. The van der Waals surface area contributed by atoms with Gasteiger partial charge in [0.1, 0.15) is 18.0 Å². The molecule has 0 aliphatic carbocycles. The largest absolute Gasteiger partial charge is 0.492 e. The van der Waals surface area contributed by atoms with Crippen LogP contribution in [0.5, 0.6) is 5.75 Å². The predicted molar refractivity (Wildman–Crippen MR) is 55.9 cm³/mol. The Labute approximate surface area is 83.5 Å². The second-order valence-electron chi connectivity index (χ2n) is 3.24. The number of ether oxygens (including phenoxy) is 1. The molecule has 0 radical (unpaired) electrons. The van der Waals surface area contributed by atoms with E-state index in [2.05, 4.69) is 5.18 Å². The van der Waals surface area contributed by atoms with E-state index in [1.54, 1.807) is 18.2 Å². The molecule has 0 spiro atoms. The first-order chi connectivity index (χ1) is 6.72. The van der Waals surface area contributed by atoms with Crippen LogP contribution >= 0.6 is 0 Å². The minimum Gasteiger partial charge on any atom is -0.492 e. The Kier molecular flexibility index (Phi) is 4.07.